The molecule has 0 atom stereocenters. The molecular formula is C16H18FN3O. The van der Waals surface area contributed by atoms with Crippen LogP contribution >= 0.6 is 0 Å². The van der Waals surface area contributed by atoms with Crippen molar-refractivity contribution < 1.29 is 4.39 Å². The smallest absolute Gasteiger partial charge is 0.258 e. The highest BCUT2D eigenvalue weighted by molar-refractivity contribution is 5.87. The lowest BCUT2D eigenvalue weighted by Crippen LogP contribution is -2.21. The number of nitrogens with two attached hydrogens (primary N) is 1. The number of aryl methyl sites for hydroxylation is 1. The van der Waals surface area contributed by atoms with Crippen molar-refractivity contribution in [2.24, 2.45) is 7.05 Å². The minimum absolute atomic E-state index is 0.193. The number of nitrogen functional groups attached to an aromatic ring is 1. The fraction of sp³-hybridized carbons (Fsp3) is 0.250. The van der Waals surface area contributed by atoms with Crippen LogP contribution in [0.4, 0.5) is 10.2 Å². The molecule has 2 aromatic heterocycles. The summed E-state index contributed by atoms with van der Waals surface area (Å²) in [6.07, 6.45) is 3.36. The highest BCUT2D eigenvalue weighted by atomic mass is 19.1. The molecule has 0 saturated heterocycles. The normalized spacial score (nSPS) is 13.5. The van der Waals surface area contributed by atoms with Crippen LogP contribution in [0.5, 0.6) is 0 Å². The third-order valence-electron chi connectivity index (χ3n) is 3.63. The van der Waals surface area contributed by atoms with Crippen molar-refractivity contribution in [2.75, 3.05) is 5.73 Å². The van der Waals surface area contributed by atoms with Gasteiger partial charge in [-0.05, 0) is 38.0 Å². The number of hydrogen-bond acceptors (Lipinski definition) is 3. The Labute approximate surface area is 122 Å². The topological polar surface area (TPSA) is 60.9 Å². The zero-order chi connectivity index (χ0) is 15.7. The van der Waals surface area contributed by atoms with E-state index in [-0.39, 0.29) is 11.4 Å². The molecule has 0 radical (unpaired) electrons. The Hall–Kier alpha value is -2.43. The monoisotopic (exact) mass is 287 g/mol. The van der Waals surface area contributed by atoms with Crippen LogP contribution in [0.15, 0.2) is 40.6 Å². The van der Waals surface area contributed by atoms with Gasteiger partial charge in [-0.2, -0.15) is 0 Å². The van der Waals surface area contributed by atoms with E-state index in [0.29, 0.717) is 28.0 Å². The minimum atomic E-state index is -0.305. The van der Waals surface area contributed by atoms with Crippen molar-refractivity contribution in [1.29, 1.82) is 0 Å². The van der Waals surface area contributed by atoms with Crippen LogP contribution in [0, 0.1) is 0 Å². The highest BCUT2D eigenvalue weighted by Gasteiger charge is 2.14. The van der Waals surface area contributed by atoms with Crippen molar-refractivity contribution >= 4 is 22.3 Å². The number of nitrogens with zero attached hydrogens (tertiary/aromatic N) is 2. The van der Waals surface area contributed by atoms with E-state index in [2.05, 4.69) is 4.98 Å². The molecule has 0 bridgehead atoms. The third kappa shape index (κ3) is 2.59. The van der Waals surface area contributed by atoms with Crippen molar-refractivity contribution in [2.45, 2.75) is 20.8 Å². The fourth-order valence-corrected chi connectivity index (χ4v) is 2.33. The summed E-state index contributed by atoms with van der Waals surface area (Å²) in [5.74, 6) is 0.0490. The SMILES string of the molecule is C/C=C(\C(C)=C(/C)F)c1cc2cnc(N)cc2n(C)c1=O. The first-order valence-electron chi connectivity index (χ1n) is 6.62. The Morgan fingerprint density at radius 3 is 2.62 bits per heavy atom. The van der Waals surface area contributed by atoms with Crippen molar-refractivity contribution in [3.05, 3.63) is 51.7 Å². The zero-order valence-electron chi connectivity index (χ0n) is 12.6. The Morgan fingerprint density at radius 1 is 1.38 bits per heavy atom. The molecule has 5 heteroatoms. The summed E-state index contributed by atoms with van der Waals surface area (Å²) in [7, 11) is 1.67. The van der Waals surface area contributed by atoms with Crippen LogP contribution in [-0.2, 0) is 7.05 Å². The maximum absolute atomic E-state index is 13.5. The van der Waals surface area contributed by atoms with E-state index in [9.17, 15) is 9.18 Å². The van der Waals surface area contributed by atoms with Gasteiger partial charge in [-0.15, -0.1) is 0 Å². The second kappa shape index (κ2) is 5.52. The molecule has 2 aromatic rings. The second-order valence-corrected chi connectivity index (χ2v) is 4.95. The predicted molar refractivity (Wildman–Crippen MR) is 84.5 cm³/mol. The van der Waals surface area contributed by atoms with E-state index in [4.69, 9.17) is 5.73 Å². The fourth-order valence-electron chi connectivity index (χ4n) is 2.33. The molecule has 0 aliphatic rings. The quantitative estimate of drug-likeness (QED) is 0.863. The van der Waals surface area contributed by atoms with E-state index in [1.54, 1.807) is 45.3 Å². The Balaban J connectivity index is 2.83. The third-order valence-corrected chi connectivity index (χ3v) is 3.63. The van der Waals surface area contributed by atoms with Crippen LogP contribution in [-0.4, -0.2) is 9.55 Å². The van der Waals surface area contributed by atoms with Crippen molar-refractivity contribution in [3.8, 4) is 0 Å². The van der Waals surface area contributed by atoms with E-state index >= 15 is 0 Å². The number of rotatable bonds is 2. The van der Waals surface area contributed by atoms with Gasteiger partial charge in [0.25, 0.3) is 5.56 Å². The number of aromatic nitrogens is 2. The van der Waals surface area contributed by atoms with Gasteiger partial charge in [0.1, 0.15) is 11.6 Å². The minimum Gasteiger partial charge on any atom is -0.384 e. The van der Waals surface area contributed by atoms with E-state index < -0.39 is 0 Å². The molecule has 2 heterocycles. The molecule has 2 N–H and O–H groups in total. The second-order valence-electron chi connectivity index (χ2n) is 4.95. The number of anilines is 1. The van der Waals surface area contributed by atoms with Gasteiger partial charge in [0.2, 0.25) is 0 Å². The van der Waals surface area contributed by atoms with Crippen LogP contribution in [0.1, 0.15) is 26.3 Å². The molecule has 0 unspecified atom stereocenters. The summed E-state index contributed by atoms with van der Waals surface area (Å²) in [6.45, 7) is 4.83. The van der Waals surface area contributed by atoms with Crippen LogP contribution < -0.4 is 11.3 Å². The average Bonchev–Trinajstić information content (AvgIpc) is 2.45. The number of halogens is 1. The first kappa shape index (κ1) is 15.0. The first-order valence-corrected chi connectivity index (χ1v) is 6.62. The summed E-state index contributed by atoms with van der Waals surface area (Å²) >= 11 is 0. The van der Waals surface area contributed by atoms with E-state index in [0.717, 1.165) is 5.39 Å². The van der Waals surface area contributed by atoms with Gasteiger partial charge in [-0.1, -0.05) is 6.08 Å². The summed E-state index contributed by atoms with van der Waals surface area (Å²) in [6, 6.07) is 3.38. The molecule has 0 amide bonds. The standard InChI is InChI=1S/C16H18FN3O/c1-5-12(9(2)10(3)17)13-6-11-8-19-15(18)7-14(11)20(4)16(13)21/h5-8H,1-4H3,(H2,18,19)/b10-9+,12-5+. The van der Waals surface area contributed by atoms with Gasteiger partial charge in [0.15, 0.2) is 0 Å². The van der Waals surface area contributed by atoms with Crippen LogP contribution in [0.3, 0.4) is 0 Å². The van der Waals surface area contributed by atoms with Gasteiger partial charge in [-0.3, -0.25) is 4.79 Å². The molecule has 0 saturated carbocycles. The van der Waals surface area contributed by atoms with Gasteiger partial charge in [-0.25, -0.2) is 9.37 Å². The summed E-state index contributed by atoms with van der Waals surface area (Å²) < 4.78 is 15.0. The molecule has 4 nitrogen and oxygen atoms in total. The molecule has 0 aromatic carbocycles. The van der Waals surface area contributed by atoms with Gasteiger partial charge >= 0.3 is 0 Å². The number of pyridine rings is 2. The number of fused-ring (bicyclic) bond motifs is 1. The molecule has 0 aliphatic heterocycles. The summed E-state index contributed by atoms with van der Waals surface area (Å²) in [5, 5.41) is 0.782. The lowest BCUT2D eigenvalue weighted by Gasteiger charge is -2.12. The molecule has 110 valence electrons. The zero-order valence-corrected chi connectivity index (χ0v) is 12.6. The average molecular weight is 287 g/mol. The van der Waals surface area contributed by atoms with Gasteiger partial charge in [0, 0.05) is 30.3 Å². The Bertz CT molecular complexity index is 827. The molecule has 0 fully saturated rings. The van der Waals surface area contributed by atoms with Crippen molar-refractivity contribution in [1.82, 2.24) is 9.55 Å². The maximum Gasteiger partial charge on any atom is 0.258 e. The van der Waals surface area contributed by atoms with Crippen LogP contribution in [0.25, 0.3) is 16.5 Å². The molecule has 0 aliphatic carbocycles. The first-order chi connectivity index (χ1) is 9.86. The lowest BCUT2D eigenvalue weighted by atomic mass is 9.98. The molecule has 2 rings (SSSR count). The summed E-state index contributed by atoms with van der Waals surface area (Å²) in [5.41, 5.74) is 7.67. The van der Waals surface area contributed by atoms with Crippen LogP contribution in [0.2, 0.25) is 0 Å². The molecular weight excluding hydrogens is 269 g/mol. The number of allylic oxidation sites excluding steroid dienone is 4. The Morgan fingerprint density at radius 2 is 2.05 bits per heavy atom. The number of hydrogen-bond donors (Lipinski definition) is 1. The van der Waals surface area contributed by atoms with Gasteiger partial charge < -0.3 is 10.3 Å². The van der Waals surface area contributed by atoms with E-state index in [1.165, 1.54) is 11.5 Å². The lowest BCUT2D eigenvalue weighted by molar-refractivity contribution is 0.632. The summed E-state index contributed by atoms with van der Waals surface area (Å²) in [4.78, 5) is 16.6. The Kier molecular flexibility index (Phi) is 3.93. The van der Waals surface area contributed by atoms with Crippen molar-refractivity contribution in [3.63, 3.8) is 0 Å². The largest absolute Gasteiger partial charge is 0.384 e. The van der Waals surface area contributed by atoms with Gasteiger partial charge in [0.05, 0.1) is 5.52 Å². The predicted octanol–water partition coefficient (Wildman–Crippen LogP) is 3.18. The maximum atomic E-state index is 13.5. The molecule has 0 spiro atoms. The molecule has 21 heavy (non-hydrogen) atoms. The highest BCUT2D eigenvalue weighted by Crippen LogP contribution is 2.26. The van der Waals surface area contributed by atoms with E-state index in [1.807, 2.05) is 0 Å².